The highest BCUT2D eigenvalue weighted by molar-refractivity contribution is 9.10. The number of nitro groups is 1. The van der Waals surface area contributed by atoms with Gasteiger partial charge in [0.15, 0.2) is 0 Å². The van der Waals surface area contributed by atoms with Gasteiger partial charge in [-0.15, -0.1) is 10.2 Å². The first-order valence-electron chi connectivity index (χ1n) is 5.16. The van der Waals surface area contributed by atoms with E-state index in [2.05, 4.69) is 41.9 Å². The number of benzene rings is 1. The second-order valence-electron chi connectivity index (χ2n) is 3.47. The first-order valence-corrected chi connectivity index (χ1v) is 5.95. The molecule has 2 rings (SSSR count). The number of tetrazole rings is 1. The topological polar surface area (TPSA) is 133 Å². The van der Waals surface area contributed by atoms with Crippen LogP contribution >= 0.6 is 15.9 Å². The zero-order valence-corrected chi connectivity index (χ0v) is 11.3. The Balaban J connectivity index is 2.31. The molecule has 1 aromatic carbocycles. The van der Waals surface area contributed by atoms with Gasteiger partial charge >= 0.3 is 0 Å². The van der Waals surface area contributed by atoms with Crippen LogP contribution in [0.4, 0.5) is 11.4 Å². The Bertz CT molecular complexity index is 705. The van der Waals surface area contributed by atoms with Crippen molar-refractivity contribution in [3.05, 3.63) is 44.8 Å². The van der Waals surface area contributed by atoms with Crippen molar-refractivity contribution in [2.45, 2.75) is 0 Å². The van der Waals surface area contributed by atoms with Crippen molar-refractivity contribution in [3.63, 3.8) is 0 Å². The van der Waals surface area contributed by atoms with E-state index in [9.17, 15) is 10.1 Å². The van der Waals surface area contributed by atoms with E-state index in [-0.39, 0.29) is 22.8 Å². The number of aromatic amines is 1. The number of halogens is 1. The summed E-state index contributed by atoms with van der Waals surface area (Å²) in [6, 6.07) is 6.39. The Morgan fingerprint density at radius 3 is 3.00 bits per heavy atom. The zero-order chi connectivity index (χ0) is 14.5. The maximum absolute atomic E-state index is 10.9. The van der Waals surface area contributed by atoms with E-state index in [1.165, 1.54) is 18.3 Å². The molecule has 0 radical (unpaired) electrons. The molecule has 1 heterocycles. The fourth-order valence-electron chi connectivity index (χ4n) is 1.35. The third kappa shape index (κ3) is 2.96. The molecule has 0 bridgehead atoms. The lowest BCUT2D eigenvalue weighted by Gasteiger charge is -2.03. The molecular weight excluding hydrogens is 330 g/mol. The molecule has 0 aliphatic heterocycles. The number of rotatable bonds is 4. The van der Waals surface area contributed by atoms with Crippen LogP contribution in [-0.2, 0) is 0 Å². The second kappa shape index (κ2) is 5.89. The quantitative estimate of drug-likeness (QED) is 0.494. The van der Waals surface area contributed by atoms with Gasteiger partial charge in [0.1, 0.15) is 17.3 Å². The van der Waals surface area contributed by atoms with E-state index in [4.69, 9.17) is 5.26 Å². The van der Waals surface area contributed by atoms with Crippen LogP contribution in [0.3, 0.4) is 0 Å². The highest BCUT2D eigenvalue weighted by Gasteiger charge is 2.14. The monoisotopic (exact) mass is 335 g/mol. The minimum absolute atomic E-state index is 0.0935. The second-order valence-corrected chi connectivity index (χ2v) is 4.38. The van der Waals surface area contributed by atoms with E-state index < -0.39 is 4.92 Å². The van der Waals surface area contributed by atoms with Crippen molar-refractivity contribution in [2.24, 2.45) is 0 Å². The average Bonchev–Trinajstić information content (AvgIpc) is 2.94. The van der Waals surface area contributed by atoms with Crippen molar-refractivity contribution in [1.82, 2.24) is 20.6 Å². The number of nitrogens with zero attached hydrogens (tertiary/aromatic N) is 5. The summed E-state index contributed by atoms with van der Waals surface area (Å²) < 4.78 is 0.581. The van der Waals surface area contributed by atoms with Gasteiger partial charge in [0.2, 0.25) is 5.82 Å². The molecule has 0 saturated heterocycles. The molecule has 20 heavy (non-hydrogen) atoms. The molecule has 1 aromatic heterocycles. The summed E-state index contributed by atoms with van der Waals surface area (Å²) in [5.74, 6) is 0.0970. The number of hydrogen-bond acceptors (Lipinski definition) is 7. The number of hydrogen-bond donors (Lipinski definition) is 2. The third-order valence-electron chi connectivity index (χ3n) is 2.24. The van der Waals surface area contributed by atoms with Crippen molar-refractivity contribution in [3.8, 4) is 6.07 Å². The van der Waals surface area contributed by atoms with E-state index in [0.29, 0.717) is 4.47 Å². The van der Waals surface area contributed by atoms with Gasteiger partial charge in [0.25, 0.3) is 5.69 Å². The molecule has 0 saturated carbocycles. The van der Waals surface area contributed by atoms with Crippen molar-refractivity contribution in [1.29, 1.82) is 5.26 Å². The number of nitrogens with one attached hydrogen (secondary N) is 2. The number of anilines is 1. The van der Waals surface area contributed by atoms with E-state index in [1.807, 2.05) is 6.07 Å². The smallest absolute Gasteiger partial charge is 0.293 e. The zero-order valence-electron chi connectivity index (χ0n) is 9.74. The standard InChI is InChI=1S/C10H6BrN7O2/c11-7-1-2-8(9(3-7)18(19)20)13-5-6(4-12)10-14-16-17-15-10/h1-3,5,13H,(H,14,15,16,17). The average molecular weight is 336 g/mol. The molecule has 2 aromatic rings. The van der Waals surface area contributed by atoms with Crippen molar-refractivity contribution in [2.75, 3.05) is 5.32 Å². The van der Waals surface area contributed by atoms with Crippen molar-refractivity contribution >= 4 is 32.9 Å². The van der Waals surface area contributed by atoms with Gasteiger partial charge in [-0.1, -0.05) is 15.9 Å². The Labute approximate surface area is 120 Å². The first kappa shape index (κ1) is 13.6. The molecule has 0 unspecified atom stereocenters. The maximum Gasteiger partial charge on any atom is 0.293 e. The van der Waals surface area contributed by atoms with Crippen LogP contribution in [0.5, 0.6) is 0 Å². The fourth-order valence-corrected chi connectivity index (χ4v) is 1.70. The first-order chi connectivity index (χ1) is 9.61. The fraction of sp³-hybridized carbons (Fsp3) is 0. The molecular formula is C10H6BrN7O2. The van der Waals surface area contributed by atoms with E-state index in [0.717, 1.165) is 0 Å². The molecule has 0 atom stereocenters. The number of allylic oxidation sites excluding steroid dienone is 1. The Hall–Kier alpha value is -2.80. The summed E-state index contributed by atoms with van der Waals surface area (Å²) in [6.07, 6.45) is 1.28. The lowest BCUT2D eigenvalue weighted by Crippen LogP contribution is -1.97. The minimum Gasteiger partial charge on any atom is -0.355 e. The SMILES string of the molecule is N#CC(=CNc1ccc(Br)cc1[N+](=O)[O-])c1nn[nH]n1. The number of nitro benzene ring substituents is 1. The summed E-state index contributed by atoms with van der Waals surface area (Å²) in [4.78, 5) is 10.4. The van der Waals surface area contributed by atoms with Gasteiger partial charge in [-0.25, -0.2) is 0 Å². The summed E-state index contributed by atoms with van der Waals surface area (Å²) in [7, 11) is 0. The number of H-pyrrole nitrogens is 1. The van der Waals surface area contributed by atoms with E-state index in [1.54, 1.807) is 6.07 Å². The van der Waals surface area contributed by atoms with Crippen LogP contribution in [0.1, 0.15) is 5.82 Å². The number of aromatic nitrogens is 4. The van der Waals surface area contributed by atoms with Crippen LogP contribution in [0.15, 0.2) is 28.9 Å². The van der Waals surface area contributed by atoms with Crippen LogP contribution in [0.25, 0.3) is 5.57 Å². The van der Waals surface area contributed by atoms with Gasteiger partial charge < -0.3 is 5.32 Å². The highest BCUT2D eigenvalue weighted by Crippen LogP contribution is 2.28. The molecule has 0 amide bonds. The molecule has 2 N–H and O–H groups in total. The Morgan fingerprint density at radius 2 is 2.40 bits per heavy atom. The lowest BCUT2D eigenvalue weighted by atomic mass is 10.2. The van der Waals surface area contributed by atoms with E-state index >= 15 is 0 Å². The lowest BCUT2D eigenvalue weighted by molar-refractivity contribution is -0.384. The van der Waals surface area contributed by atoms with Crippen LogP contribution in [0, 0.1) is 21.4 Å². The van der Waals surface area contributed by atoms with Gasteiger partial charge in [-0.3, -0.25) is 10.1 Å². The maximum atomic E-state index is 10.9. The predicted octanol–water partition coefficient (Wildman–Crippen LogP) is 1.85. The molecule has 10 heteroatoms. The van der Waals surface area contributed by atoms with Gasteiger partial charge in [0, 0.05) is 16.7 Å². The van der Waals surface area contributed by atoms with Crippen LogP contribution in [-0.4, -0.2) is 25.5 Å². The third-order valence-corrected chi connectivity index (χ3v) is 2.73. The molecule has 0 aliphatic rings. The molecule has 9 nitrogen and oxygen atoms in total. The molecule has 0 spiro atoms. The Kier molecular flexibility index (Phi) is 4.02. The molecule has 0 aliphatic carbocycles. The van der Waals surface area contributed by atoms with Crippen LogP contribution in [0.2, 0.25) is 0 Å². The van der Waals surface area contributed by atoms with Crippen molar-refractivity contribution < 1.29 is 4.92 Å². The number of nitriles is 1. The van der Waals surface area contributed by atoms with Gasteiger partial charge in [-0.2, -0.15) is 10.5 Å². The highest BCUT2D eigenvalue weighted by atomic mass is 79.9. The summed E-state index contributed by atoms with van der Waals surface area (Å²) in [5.41, 5.74) is 0.214. The normalized spacial score (nSPS) is 10.9. The summed E-state index contributed by atoms with van der Waals surface area (Å²) >= 11 is 3.16. The van der Waals surface area contributed by atoms with Gasteiger partial charge in [-0.05, 0) is 17.3 Å². The summed E-state index contributed by atoms with van der Waals surface area (Å²) in [5, 5.41) is 35.5. The van der Waals surface area contributed by atoms with Gasteiger partial charge in [0.05, 0.1) is 4.92 Å². The summed E-state index contributed by atoms with van der Waals surface area (Å²) in [6.45, 7) is 0. The largest absolute Gasteiger partial charge is 0.355 e. The molecule has 0 fully saturated rings. The molecule has 100 valence electrons. The van der Waals surface area contributed by atoms with Crippen LogP contribution < -0.4 is 5.32 Å². The Morgan fingerprint density at radius 1 is 1.60 bits per heavy atom. The minimum atomic E-state index is -0.526. The predicted molar refractivity (Wildman–Crippen MR) is 72.2 cm³/mol.